The summed E-state index contributed by atoms with van der Waals surface area (Å²) >= 11 is 0. The summed E-state index contributed by atoms with van der Waals surface area (Å²) in [5.74, 6) is -0.782. The number of carbonyl (C=O) groups excluding carboxylic acids is 1. The van der Waals surface area contributed by atoms with Crippen molar-refractivity contribution in [2.24, 2.45) is 5.92 Å². The van der Waals surface area contributed by atoms with E-state index in [2.05, 4.69) is 11.8 Å². The summed E-state index contributed by atoms with van der Waals surface area (Å²) in [5, 5.41) is -0.755. The highest BCUT2D eigenvalue weighted by molar-refractivity contribution is 7.92. The number of rotatable bonds is 8. The molecule has 1 saturated heterocycles. The molecule has 6 heteroatoms. The van der Waals surface area contributed by atoms with Crippen LogP contribution in [0.15, 0.2) is 95.9 Å². The van der Waals surface area contributed by atoms with Crippen molar-refractivity contribution in [3.63, 3.8) is 0 Å². The third kappa shape index (κ3) is 4.93. The Morgan fingerprint density at radius 2 is 1.50 bits per heavy atom. The molecule has 0 bridgehead atoms. The Morgan fingerprint density at radius 1 is 0.941 bits per heavy atom. The summed E-state index contributed by atoms with van der Waals surface area (Å²) in [7, 11) is -2.33. The first kappa shape index (κ1) is 24.2. The summed E-state index contributed by atoms with van der Waals surface area (Å²) in [4.78, 5) is 15.5. The van der Waals surface area contributed by atoms with Crippen LogP contribution in [-0.4, -0.2) is 44.2 Å². The second-order valence-electron chi connectivity index (χ2n) is 8.83. The maximum absolute atomic E-state index is 14.0. The number of carbonyl (C=O) groups is 1. The predicted molar refractivity (Wildman–Crippen MR) is 133 cm³/mol. The van der Waals surface area contributed by atoms with Crippen LogP contribution in [0.4, 0.5) is 0 Å². The van der Waals surface area contributed by atoms with Gasteiger partial charge < -0.3 is 4.74 Å². The highest BCUT2D eigenvalue weighted by Crippen LogP contribution is 2.39. The molecule has 1 fully saturated rings. The highest BCUT2D eigenvalue weighted by Gasteiger charge is 2.49. The lowest BCUT2D eigenvalue weighted by Crippen LogP contribution is -2.47. The van der Waals surface area contributed by atoms with E-state index in [1.165, 1.54) is 7.11 Å². The molecule has 0 N–H and O–H groups in total. The molecule has 0 radical (unpaired) electrons. The van der Waals surface area contributed by atoms with Crippen LogP contribution in [0.5, 0.6) is 0 Å². The topological polar surface area (TPSA) is 63.7 Å². The van der Waals surface area contributed by atoms with Crippen molar-refractivity contribution < 1.29 is 17.9 Å². The van der Waals surface area contributed by atoms with Crippen molar-refractivity contribution in [3.05, 3.63) is 102 Å². The van der Waals surface area contributed by atoms with Crippen molar-refractivity contribution in [3.8, 4) is 0 Å². The van der Waals surface area contributed by atoms with E-state index in [4.69, 9.17) is 4.74 Å². The maximum Gasteiger partial charge on any atom is 0.323 e. The van der Waals surface area contributed by atoms with Crippen molar-refractivity contribution in [1.82, 2.24) is 4.90 Å². The number of esters is 1. The van der Waals surface area contributed by atoms with E-state index < -0.39 is 27.0 Å². The first-order valence-electron chi connectivity index (χ1n) is 11.6. The summed E-state index contributed by atoms with van der Waals surface area (Å²) < 4.78 is 33.1. The fraction of sp³-hybridized carbons (Fsp3) is 0.321. The third-order valence-corrected chi connectivity index (χ3v) is 9.18. The molecule has 0 amide bonds. The first-order chi connectivity index (χ1) is 16.4. The second-order valence-corrected chi connectivity index (χ2v) is 11.0. The van der Waals surface area contributed by atoms with Crippen LogP contribution < -0.4 is 0 Å². The minimum Gasteiger partial charge on any atom is -0.468 e. The van der Waals surface area contributed by atoms with Gasteiger partial charge in [-0.15, -0.1) is 0 Å². The van der Waals surface area contributed by atoms with Gasteiger partial charge in [0.1, 0.15) is 6.04 Å². The van der Waals surface area contributed by atoms with Gasteiger partial charge in [0.2, 0.25) is 0 Å². The zero-order chi connectivity index (χ0) is 24.1. The van der Waals surface area contributed by atoms with Gasteiger partial charge in [-0.2, -0.15) is 0 Å². The van der Waals surface area contributed by atoms with Crippen LogP contribution in [0, 0.1) is 5.92 Å². The lowest BCUT2D eigenvalue weighted by molar-refractivity contribution is -0.148. The molecule has 178 valence electrons. The zero-order valence-corrected chi connectivity index (χ0v) is 20.4. The molecule has 1 unspecified atom stereocenters. The van der Waals surface area contributed by atoms with Gasteiger partial charge in [0.25, 0.3) is 0 Å². The zero-order valence-electron chi connectivity index (χ0n) is 19.6. The first-order valence-corrected chi connectivity index (χ1v) is 13.2. The van der Waals surface area contributed by atoms with Gasteiger partial charge in [-0.25, -0.2) is 8.42 Å². The van der Waals surface area contributed by atoms with Crippen LogP contribution in [0.3, 0.4) is 0 Å². The predicted octanol–water partition coefficient (Wildman–Crippen LogP) is 4.70. The summed E-state index contributed by atoms with van der Waals surface area (Å²) in [6, 6.07) is 27.5. The molecule has 0 saturated carbocycles. The molecular formula is C28H31NO4S. The fourth-order valence-electron chi connectivity index (χ4n) is 5.14. The molecule has 5 nitrogen and oxygen atoms in total. The average Bonchev–Trinajstić information content (AvgIpc) is 3.32. The smallest absolute Gasteiger partial charge is 0.323 e. The Morgan fingerprint density at radius 3 is 2.09 bits per heavy atom. The number of ether oxygens (including phenoxy) is 1. The van der Waals surface area contributed by atoms with Crippen LogP contribution in [0.1, 0.15) is 30.5 Å². The highest BCUT2D eigenvalue weighted by atomic mass is 32.2. The molecule has 1 heterocycles. The number of sulfone groups is 1. The molecule has 0 spiro atoms. The van der Waals surface area contributed by atoms with E-state index >= 15 is 0 Å². The van der Waals surface area contributed by atoms with Crippen LogP contribution in [0.2, 0.25) is 0 Å². The van der Waals surface area contributed by atoms with Gasteiger partial charge >= 0.3 is 5.97 Å². The van der Waals surface area contributed by atoms with Crippen molar-refractivity contribution in [2.45, 2.75) is 42.0 Å². The van der Waals surface area contributed by atoms with Crippen molar-refractivity contribution in [1.29, 1.82) is 0 Å². The van der Waals surface area contributed by atoms with Gasteiger partial charge in [0, 0.05) is 12.0 Å². The number of methoxy groups -OCH3 is 1. The molecule has 4 rings (SSSR count). The molecule has 1 aliphatic heterocycles. The number of nitrogens with zero attached hydrogens (tertiary/aromatic N) is 1. The number of benzene rings is 3. The lowest BCUT2D eigenvalue weighted by Gasteiger charge is -2.34. The van der Waals surface area contributed by atoms with E-state index in [1.807, 2.05) is 60.7 Å². The molecule has 34 heavy (non-hydrogen) atoms. The Hall–Kier alpha value is -2.96. The summed E-state index contributed by atoms with van der Waals surface area (Å²) in [5.41, 5.74) is 2.02. The monoisotopic (exact) mass is 477 g/mol. The van der Waals surface area contributed by atoms with E-state index in [9.17, 15) is 13.2 Å². The number of hydrogen-bond acceptors (Lipinski definition) is 5. The number of likely N-dealkylation sites (tertiary alicyclic amines) is 1. The minimum atomic E-state index is -3.71. The Balaban J connectivity index is 1.75. The van der Waals surface area contributed by atoms with E-state index in [-0.39, 0.29) is 16.9 Å². The van der Waals surface area contributed by atoms with E-state index in [1.54, 1.807) is 30.3 Å². The van der Waals surface area contributed by atoms with Gasteiger partial charge in [-0.3, -0.25) is 9.69 Å². The fourth-order valence-corrected chi connectivity index (χ4v) is 7.18. The van der Waals surface area contributed by atoms with Gasteiger partial charge in [0.15, 0.2) is 9.84 Å². The molecule has 0 aliphatic carbocycles. The largest absolute Gasteiger partial charge is 0.468 e. The van der Waals surface area contributed by atoms with Gasteiger partial charge in [0.05, 0.1) is 17.3 Å². The van der Waals surface area contributed by atoms with Crippen molar-refractivity contribution in [2.75, 3.05) is 13.7 Å². The van der Waals surface area contributed by atoms with E-state index in [0.29, 0.717) is 19.4 Å². The molecule has 1 aliphatic rings. The molecule has 4 atom stereocenters. The van der Waals surface area contributed by atoms with Crippen LogP contribution >= 0.6 is 0 Å². The van der Waals surface area contributed by atoms with E-state index in [0.717, 1.165) is 11.1 Å². The van der Waals surface area contributed by atoms with Gasteiger partial charge in [-0.05, 0) is 49.6 Å². The minimum absolute atomic E-state index is 0.0490. The van der Waals surface area contributed by atoms with Crippen molar-refractivity contribution >= 4 is 15.8 Å². The Bertz CT molecular complexity index is 1180. The van der Waals surface area contributed by atoms with Gasteiger partial charge in [-0.1, -0.05) is 78.9 Å². The standard InChI is InChI=1S/C28H31NO4S/c1-21(23-14-8-4-9-15-23)29-19-18-25(27(29)28(30)33-2)26(20-22-12-6-3-7-13-22)34(31,32)24-16-10-5-11-17-24/h3-17,21,25-27H,18-20H2,1-2H3/t21-,25-,26?,27-/m0/s1. The summed E-state index contributed by atoms with van der Waals surface area (Å²) in [6.07, 6.45) is 0.935. The lowest BCUT2D eigenvalue weighted by atomic mass is 9.91. The third-order valence-electron chi connectivity index (χ3n) is 6.93. The average molecular weight is 478 g/mol. The quantitative estimate of drug-likeness (QED) is 0.440. The normalized spacial score (nSPS) is 20.5. The second kappa shape index (κ2) is 10.5. The molecule has 0 aromatic heterocycles. The molecule has 3 aromatic carbocycles. The number of hydrogen-bond donors (Lipinski definition) is 0. The van der Waals surface area contributed by atoms with Crippen LogP contribution in [-0.2, 0) is 25.8 Å². The SMILES string of the molecule is COC(=O)[C@@H]1[C@H](C(Cc2ccccc2)S(=O)(=O)c2ccccc2)CCN1[C@@H](C)c1ccccc1. The van der Waals surface area contributed by atoms with Crippen LogP contribution in [0.25, 0.3) is 0 Å². The molecular weight excluding hydrogens is 446 g/mol. The Kier molecular flexibility index (Phi) is 7.49. The maximum atomic E-state index is 14.0. The summed E-state index contributed by atoms with van der Waals surface area (Å²) in [6.45, 7) is 2.68. The molecule has 3 aromatic rings. The Labute approximate surface area is 202 Å².